The van der Waals surface area contributed by atoms with Crippen molar-refractivity contribution in [2.75, 3.05) is 4.90 Å². The molecule has 13 rings (SSSR count). The second-order valence-corrected chi connectivity index (χ2v) is 19.5. The van der Waals surface area contributed by atoms with Gasteiger partial charge in [-0.15, -0.1) is 0 Å². The summed E-state index contributed by atoms with van der Waals surface area (Å²) in [4.78, 5) is 2.56. The lowest BCUT2D eigenvalue weighted by atomic mass is 9.68. The van der Waals surface area contributed by atoms with Crippen LogP contribution in [-0.2, 0) is 10.8 Å². The van der Waals surface area contributed by atoms with E-state index < -0.39 is 5.41 Å². The third-order valence-electron chi connectivity index (χ3n) is 15.4. The fourth-order valence-electron chi connectivity index (χ4n) is 12.3. The molecule has 0 atom stereocenters. The van der Waals surface area contributed by atoms with Gasteiger partial charge in [0.05, 0.1) is 16.8 Å². The zero-order valence-electron chi connectivity index (χ0n) is 39.9. The van der Waals surface area contributed by atoms with E-state index in [9.17, 15) is 0 Å². The van der Waals surface area contributed by atoms with Crippen LogP contribution in [0.15, 0.2) is 273 Å². The first-order valence-corrected chi connectivity index (χ1v) is 24.8. The summed E-state index contributed by atoms with van der Waals surface area (Å²) in [5, 5.41) is 0. The molecule has 0 saturated carbocycles. The third kappa shape index (κ3) is 6.61. The molecule has 71 heavy (non-hydrogen) atoms. The minimum absolute atomic E-state index is 0.0897. The molecule has 336 valence electrons. The van der Waals surface area contributed by atoms with Crippen LogP contribution in [0.25, 0.3) is 66.8 Å². The summed E-state index contributed by atoms with van der Waals surface area (Å²) in [6.07, 6.45) is 0. The van der Waals surface area contributed by atoms with Crippen molar-refractivity contribution in [3.8, 4) is 66.8 Å². The zero-order chi connectivity index (χ0) is 47.5. The SMILES string of the molecule is CC1(C)c2ccccc2-c2c(-c3ccc(N(c4cccc(-c5ccccc5)c4-c4ccccc4-c4ccccc4)c4cccc5c4-c4ccccc4C5(c4ccccc4)c4ccccc4)cc3)cccc21. The number of benzene rings is 11. The summed E-state index contributed by atoms with van der Waals surface area (Å²) in [5.74, 6) is 0. The lowest BCUT2D eigenvalue weighted by molar-refractivity contribution is 0.660. The fraction of sp³-hybridized carbons (Fsp3) is 0.0571. The highest BCUT2D eigenvalue weighted by Gasteiger charge is 2.47. The normalized spacial score (nSPS) is 13.4. The first-order valence-electron chi connectivity index (χ1n) is 24.8. The fourth-order valence-corrected chi connectivity index (χ4v) is 12.3. The van der Waals surface area contributed by atoms with E-state index >= 15 is 0 Å². The summed E-state index contributed by atoms with van der Waals surface area (Å²) in [6.45, 7) is 4.72. The van der Waals surface area contributed by atoms with E-state index in [2.05, 4.69) is 292 Å². The number of hydrogen-bond acceptors (Lipinski definition) is 1. The van der Waals surface area contributed by atoms with Gasteiger partial charge in [0.25, 0.3) is 0 Å². The van der Waals surface area contributed by atoms with Gasteiger partial charge >= 0.3 is 0 Å². The van der Waals surface area contributed by atoms with Crippen LogP contribution >= 0.6 is 0 Å². The molecule has 0 amide bonds. The summed E-state index contributed by atoms with van der Waals surface area (Å²) in [6, 6.07) is 101. The number of nitrogens with zero attached hydrogens (tertiary/aromatic N) is 1. The van der Waals surface area contributed by atoms with Gasteiger partial charge in [0, 0.05) is 22.2 Å². The predicted octanol–water partition coefficient (Wildman–Crippen LogP) is 18.5. The zero-order valence-corrected chi connectivity index (χ0v) is 39.9. The Labute approximate surface area is 417 Å². The Morgan fingerprint density at radius 2 is 0.648 bits per heavy atom. The first-order chi connectivity index (χ1) is 35.0. The van der Waals surface area contributed by atoms with Gasteiger partial charge < -0.3 is 4.90 Å². The Hall–Kier alpha value is -8.78. The summed E-state index contributed by atoms with van der Waals surface area (Å²) < 4.78 is 0. The Morgan fingerprint density at radius 3 is 1.27 bits per heavy atom. The van der Waals surface area contributed by atoms with Crippen molar-refractivity contribution < 1.29 is 0 Å². The molecule has 0 N–H and O–H groups in total. The number of hydrogen-bond donors (Lipinski definition) is 0. The molecule has 0 aliphatic heterocycles. The molecule has 0 aromatic heterocycles. The highest BCUT2D eigenvalue weighted by molar-refractivity contribution is 6.05. The summed E-state index contributed by atoms with van der Waals surface area (Å²) >= 11 is 0. The molecule has 0 spiro atoms. The average Bonchev–Trinajstić information content (AvgIpc) is 3.89. The van der Waals surface area contributed by atoms with Crippen LogP contribution in [0, 0.1) is 0 Å². The van der Waals surface area contributed by atoms with Crippen molar-refractivity contribution in [2.24, 2.45) is 0 Å². The molecule has 1 heteroatoms. The predicted molar refractivity (Wildman–Crippen MR) is 298 cm³/mol. The molecule has 0 radical (unpaired) electrons. The Morgan fingerprint density at radius 1 is 0.254 bits per heavy atom. The maximum absolute atomic E-state index is 2.56. The van der Waals surface area contributed by atoms with E-state index in [1.807, 2.05) is 0 Å². The quantitative estimate of drug-likeness (QED) is 0.139. The van der Waals surface area contributed by atoms with Crippen molar-refractivity contribution in [1.29, 1.82) is 0 Å². The highest BCUT2D eigenvalue weighted by Crippen LogP contribution is 2.61. The van der Waals surface area contributed by atoms with E-state index in [1.54, 1.807) is 0 Å². The van der Waals surface area contributed by atoms with Crippen molar-refractivity contribution >= 4 is 17.1 Å². The van der Waals surface area contributed by atoms with Gasteiger partial charge in [0.2, 0.25) is 0 Å². The molecule has 0 fully saturated rings. The first kappa shape index (κ1) is 42.3. The van der Waals surface area contributed by atoms with Gasteiger partial charge in [-0.1, -0.05) is 263 Å². The van der Waals surface area contributed by atoms with Gasteiger partial charge in [-0.05, 0) is 113 Å². The average molecular weight is 906 g/mol. The van der Waals surface area contributed by atoms with Crippen molar-refractivity contribution in [3.63, 3.8) is 0 Å². The molecular formula is C70H51N. The van der Waals surface area contributed by atoms with Crippen molar-refractivity contribution in [2.45, 2.75) is 24.7 Å². The second-order valence-electron chi connectivity index (χ2n) is 19.5. The van der Waals surface area contributed by atoms with E-state index in [1.165, 1.54) is 100 Å². The molecule has 2 aliphatic rings. The lowest BCUT2D eigenvalue weighted by Crippen LogP contribution is -2.28. The van der Waals surface area contributed by atoms with Gasteiger partial charge in [-0.2, -0.15) is 0 Å². The van der Waals surface area contributed by atoms with Gasteiger partial charge in [0.1, 0.15) is 0 Å². The molecule has 0 saturated heterocycles. The van der Waals surface area contributed by atoms with Crippen molar-refractivity contribution in [3.05, 3.63) is 306 Å². The van der Waals surface area contributed by atoms with Crippen LogP contribution in [0.1, 0.15) is 47.2 Å². The van der Waals surface area contributed by atoms with Gasteiger partial charge in [-0.3, -0.25) is 0 Å². The van der Waals surface area contributed by atoms with Crippen LogP contribution in [0.3, 0.4) is 0 Å². The van der Waals surface area contributed by atoms with E-state index in [-0.39, 0.29) is 5.41 Å². The monoisotopic (exact) mass is 905 g/mol. The molecule has 2 aliphatic carbocycles. The molecule has 11 aromatic rings. The van der Waals surface area contributed by atoms with Crippen LogP contribution in [0.5, 0.6) is 0 Å². The highest BCUT2D eigenvalue weighted by atomic mass is 15.1. The second kappa shape index (κ2) is 17.0. The lowest BCUT2D eigenvalue weighted by Gasteiger charge is -2.35. The number of fused-ring (bicyclic) bond motifs is 6. The van der Waals surface area contributed by atoms with Crippen LogP contribution < -0.4 is 4.90 Å². The maximum Gasteiger partial charge on any atom is 0.0714 e. The maximum atomic E-state index is 2.56. The number of rotatable bonds is 9. The molecule has 0 heterocycles. The molecule has 11 aromatic carbocycles. The van der Waals surface area contributed by atoms with Crippen LogP contribution in [0.2, 0.25) is 0 Å². The summed E-state index contributed by atoms with van der Waals surface area (Å²) in [7, 11) is 0. The Balaban J connectivity index is 1.11. The van der Waals surface area contributed by atoms with Gasteiger partial charge in [0.15, 0.2) is 0 Å². The van der Waals surface area contributed by atoms with E-state index in [0.29, 0.717) is 0 Å². The van der Waals surface area contributed by atoms with E-state index in [4.69, 9.17) is 0 Å². The minimum Gasteiger partial charge on any atom is -0.309 e. The van der Waals surface area contributed by atoms with Crippen LogP contribution in [0.4, 0.5) is 17.1 Å². The largest absolute Gasteiger partial charge is 0.309 e. The molecule has 0 unspecified atom stereocenters. The Bertz CT molecular complexity index is 3720. The summed E-state index contributed by atoms with van der Waals surface area (Å²) in [5.41, 5.74) is 25.1. The topological polar surface area (TPSA) is 3.24 Å². The minimum atomic E-state index is -0.563. The standard InChI is InChI=1S/C70H51N/c1-69(2)60-38-19-17-34-58(60)66-55(36-21-40-62(66)69)50-44-46-53(47-45-50)71(64-42-22-37-56(49-26-9-4-10-27-49)67(64)57-33-16-15-32-54(57)48-24-7-3-8-25-48)65-43-23-41-63-68(65)59-35-18-20-39-61(59)70(63,51-28-11-5-12-29-51)52-30-13-6-14-31-52/h3-47H,1-2H3. The van der Waals surface area contributed by atoms with E-state index in [0.717, 1.165) is 17.1 Å². The van der Waals surface area contributed by atoms with Gasteiger partial charge in [-0.25, -0.2) is 0 Å². The molecular weight excluding hydrogens is 855 g/mol. The third-order valence-corrected chi connectivity index (χ3v) is 15.4. The number of anilines is 3. The Kier molecular flexibility index (Phi) is 10.1. The van der Waals surface area contributed by atoms with Crippen LogP contribution in [-0.4, -0.2) is 0 Å². The molecule has 1 nitrogen and oxygen atoms in total. The smallest absolute Gasteiger partial charge is 0.0714 e. The van der Waals surface area contributed by atoms with Crippen molar-refractivity contribution in [1.82, 2.24) is 0 Å². The molecule has 0 bridgehead atoms.